The van der Waals surface area contributed by atoms with E-state index in [4.69, 9.17) is 14.2 Å². The van der Waals surface area contributed by atoms with Crippen molar-refractivity contribution in [1.29, 1.82) is 0 Å². The van der Waals surface area contributed by atoms with Crippen LogP contribution in [0.4, 0.5) is 0 Å². The summed E-state index contributed by atoms with van der Waals surface area (Å²) in [7, 11) is 1.98. The number of likely N-dealkylation sites (N-methyl/N-ethyl adjacent to an activating group) is 1. The lowest BCUT2D eigenvalue weighted by atomic mass is 9.98. The lowest BCUT2D eigenvalue weighted by Gasteiger charge is -2.25. The predicted octanol–water partition coefficient (Wildman–Crippen LogP) is 3.44. The summed E-state index contributed by atoms with van der Waals surface area (Å²) in [5.41, 5.74) is 1.17. The molecule has 1 saturated heterocycles. The van der Waals surface area contributed by atoms with Crippen LogP contribution >= 0.6 is 15.9 Å². The summed E-state index contributed by atoms with van der Waals surface area (Å²) in [6, 6.07) is 4.25. The summed E-state index contributed by atoms with van der Waals surface area (Å²) in [6.45, 7) is 3.54. The van der Waals surface area contributed by atoms with Crippen molar-refractivity contribution in [1.82, 2.24) is 5.32 Å². The number of halogens is 1. The Bertz CT molecular complexity index is 509. The molecule has 0 amide bonds. The molecule has 1 fully saturated rings. The molecule has 0 bridgehead atoms. The molecule has 1 N–H and O–H groups in total. The highest BCUT2D eigenvalue weighted by Crippen LogP contribution is 2.40. The fourth-order valence-electron chi connectivity index (χ4n) is 3.06. The maximum Gasteiger partial charge on any atom is 0.162 e. The average molecular weight is 356 g/mol. The zero-order valence-corrected chi connectivity index (χ0v) is 14.1. The Morgan fingerprint density at radius 2 is 1.90 bits per heavy atom. The molecule has 1 aromatic carbocycles. The summed E-state index contributed by atoms with van der Waals surface area (Å²) in [4.78, 5) is 0. The molecule has 1 aromatic rings. The minimum atomic E-state index is 0.154. The normalized spacial score (nSPS) is 26.4. The smallest absolute Gasteiger partial charge is 0.162 e. The first-order valence-corrected chi connectivity index (χ1v) is 8.40. The van der Waals surface area contributed by atoms with E-state index in [0.717, 1.165) is 35.2 Å². The average Bonchev–Trinajstić information content (AvgIpc) is 2.76. The SMILES string of the molecule is CNC(c1cc2c(cc1Br)OCCCO2)C1CCC(C)O1. The van der Waals surface area contributed by atoms with Gasteiger partial charge in [0.2, 0.25) is 0 Å². The van der Waals surface area contributed by atoms with Crippen LogP contribution in [0.25, 0.3) is 0 Å². The molecular formula is C16H22BrNO3. The highest BCUT2D eigenvalue weighted by molar-refractivity contribution is 9.10. The molecule has 2 aliphatic rings. The van der Waals surface area contributed by atoms with E-state index < -0.39 is 0 Å². The van der Waals surface area contributed by atoms with Crippen LogP contribution in [0, 0.1) is 0 Å². The summed E-state index contributed by atoms with van der Waals surface area (Å²) >= 11 is 3.67. The number of nitrogens with one attached hydrogen (secondary N) is 1. The van der Waals surface area contributed by atoms with Gasteiger partial charge in [0, 0.05) is 10.9 Å². The van der Waals surface area contributed by atoms with Gasteiger partial charge in [-0.25, -0.2) is 0 Å². The van der Waals surface area contributed by atoms with Crippen molar-refractivity contribution in [3.05, 3.63) is 22.2 Å². The molecule has 0 aliphatic carbocycles. The number of fused-ring (bicyclic) bond motifs is 1. The number of ether oxygens (including phenoxy) is 3. The molecule has 3 unspecified atom stereocenters. The second kappa shape index (κ2) is 6.55. The van der Waals surface area contributed by atoms with E-state index >= 15 is 0 Å². The standard InChI is InChI=1S/C16H22BrNO3/c1-10-4-5-13(21-10)16(18-2)11-8-14-15(9-12(11)17)20-7-3-6-19-14/h8-10,13,16,18H,3-7H2,1-2H3. The van der Waals surface area contributed by atoms with Crippen molar-refractivity contribution in [2.45, 2.75) is 44.4 Å². The summed E-state index contributed by atoms with van der Waals surface area (Å²) in [5.74, 6) is 1.65. The van der Waals surface area contributed by atoms with Crippen molar-refractivity contribution in [2.75, 3.05) is 20.3 Å². The van der Waals surface area contributed by atoms with Gasteiger partial charge in [-0.2, -0.15) is 0 Å². The zero-order chi connectivity index (χ0) is 14.8. The van der Waals surface area contributed by atoms with E-state index in [1.54, 1.807) is 0 Å². The van der Waals surface area contributed by atoms with E-state index in [0.29, 0.717) is 19.3 Å². The minimum Gasteiger partial charge on any atom is -0.490 e. The van der Waals surface area contributed by atoms with Crippen LogP contribution in [0.5, 0.6) is 11.5 Å². The van der Waals surface area contributed by atoms with Crippen molar-refractivity contribution in [3.63, 3.8) is 0 Å². The second-order valence-electron chi connectivity index (χ2n) is 5.70. The Kier molecular flexibility index (Phi) is 4.72. The third-order valence-corrected chi connectivity index (χ3v) is 4.84. The molecule has 0 spiro atoms. The van der Waals surface area contributed by atoms with E-state index in [1.165, 1.54) is 5.56 Å². The van der Waals surface area contributed by atoms with Crippen molar-refractivity contribution in [3.8, 4) is 11.5 Å². The highest BCUT2D eigenvalue weighted by Gasteiger charge is 2.31. The highest BCUT2D eigenvalue weighted by atomic mass is 79.9. The molecular weight excluding hydrogens is 334 g/mol. The molecule has 0 radical (unpaired) electrons. The molecule has 5 heteroatoms. The molecule has 4 nitrogen and oxygen atoms in total. The Hall–Kier alpha value is -0.780. The number of hydrogen-bond acceptors (Lipinski definition) is 4. The van der Waals surface area contributed by atoms with Gasteiger partial charge in [0.05, 0.1) is 31.5 Å². The van der Waals surface area contributed by atoms with Gasteiger partial charge in [0.1, 0.15) is 0 Å². The Labute approximate surface area is 134 Å². The number of benzene rings is 1. The first-order chi connectivity index (χ1) is 10.2. The van der Waals surface area contributed by atoms with E-state index in [9.17, 15) is 0 Å². The van der Waals surface area contributed by atoms with Gasteiger partial charge in [0.25, 0.3) is 0 Å². The van der Waals surface area contributed by atoms with E-state index in [1.807, 2.05) is 13.1 Å². The minimum absolute atomic E-state index is 0.154. The number of hydrogen-bond donors (Lipinski definition) is 1. The monoisotopic (exact) mass is 355 g/mol. The van der Waals surface area contributed by atoms with Gasteiger partial charge >= 0.3 is 0 Å². The van der Waals surface area contributed by atoms with Gasteiger partial charge in [0.15, 0.2) is 11.5 Å². The third-order valence-electron chi connectivity index (χ3n) is 4.15. The molecule has 116 valence electrons. The predicted molar refractivity (Wildman–Crippen MR) is 85.1 cm³/mol. The Balaban J connectivity index is 1.91. The fourth-order valence-corrected chi connectivity index (χ4v) is 3.63. The first-order valence-electron chi connectivity index (χ1n) is 7.61. The zero-order valence-electron chi connectivity index (χ0n) is 12.5. The van der Waals surface area contributed by atoms with Gasteiger partial charge in [-0.1, -0.05) is 15.9 Å². The van der Waals surface area contributed by atoms with Gasteiger partial charge in [-0.05, 0) is 44.5 Å². The number of rotatable bonds is 3. The van der Waals surface area contributed by atoms with Crippen LogP contribution in [0.15, 0.2) is 16.6 Å². The molecule has 3 rings (SSSR count). The van der Waals surface area contributed by atoms with E-state index in [-0.39, 0.29) is 12.1 Å². The third kappa shape index (κ3) is 3.20. The molecule has 3 atom stereocenters. The molecule has 0 saturated carbocycles. The second-order valence-corrected chi connectivity index (χ2v) is 6.55. The summed E-state index contributed by atoms with van der Waals surface area (Å²) in [5, 5.41) is 3.39. The topological polar surface area (TPSA) is 39.7 Å². The van der Waals surface area contributed by atoms with Crippen LogP contribution in [0.1, 0.15) is 37.8 Å². The van der Waals surface area contributed by atoms with Crippen molar-refractivity contribution in [2.24, 2.45) is 0 Å². The first kappa shape index (κ1) is 15.1. The maximum atomic E-state index is 6.04. The van der Waals surface area contributed by atoms with Crippen LogP contribution in [-0.4, -0.2) is 32.5 Å². The molecule has 2 heterocycles. The van der Waals surface area contributed by atoms with Gasteiger partial charge in [-0.3, -0.25) is 0 Å². The molecule has 2 aliphatic heterocycles. The van der Waals surface area contributed by atoms with Crippen LogP contribution in [0.3, 0.4) is 0 Å². The van der Waals surface area contributed by atoms with Gasteiger partial charge < -0.3 is 19.5 Å². The fraction of sp³-hybridized carbons (Fsp3) is 0.625. The van der Waals surface area contributed by atoms with Crippen molar-refractivity contribution < 1.29 is 14.2 Å². The van der Waals surface area contributed by atoms with Crippen molar-refractivity contribution >= 4 is 15.9 Å². The summed E-state index contributed by atoms with van der Waals surface area (Å²) < 4.78 is 18.6. The summed E-state index contributed by atoms with van der Waals surface area (Å²) in [6.07, 6.45) is 3.65. The lowest BCUT2D eigenvalue weighted by Crippen LogP contribution is -2.30. The molecule has 0 aromatic heterocycles. The van der Waals surface area contributed by atoms with Crippen LogP contribution < -0.4 is 14.8 Å². The lowest BCUT2D eigenvalue weighted by molar-refractivity contribution is 0.0331. The van der Waals surface area contributed by atoms with Gasteiger partial charge in [-0.15, -0.1) is 0 Å². The Morgan fingerprint density at radius 3 is 2.52 bits per heavy atom. The maximum absolute atomic E-state index is 6.04. The quantitative estimate of drug-likeness (QED) is 0.901. The Morgan fingerprint density at radius 1 is 1.19 bits per heavy atom. The van der Waals surface area contributed by atoms with E-state index in [2.05, 4.69) is 34.2 Å². The largest absolute Gasteiger partial charge is 0.490 e. The van der Waals surface area contributed by atoms with Crippen LogP contribution in [-0.2, 0) is 4.74 Å². The van der Waals surface area contributed by atoms with Crippen LogP contribution in [0.2, 0.25) is 0 Å². The molecule has 21 heavy (non-hydrogen) atoms.